The van der Waals surface area contributed by atoms with E-state index in [0.717, 1.165) is 13.1 Å². The van der Waals surface area contributed by atoms with Crippen molar-refractivity contribution in [2.75, 3.05) is 12.0 Å². The van der Waals surface area contributed by atoms with Crippen LogP contribution in [0.2, 0.25) is 0 Å². The summed E-state index contributed by atoms with van der Waals surface area (Å²) < 4.78 is 0. The summed E-state index contributed by atoms with van der Waals surface area (Å²) in [5.74, 6) is 0.637. The van der Waals surface area contributed by atoms with Gasteiger partial charge >= 0.3 is 0 Å². The second-order valence-corrected chi connectivity index (χ2v) is 4.78. The topological polar surface area (TPSA) is 41.1 Å². The van der Waals surface area contributed by atoms with Crippen LogP contribution >= 0.6 is 24.2 Å². The van der Waals surface area contributed by atoms with E-state index in [1.807, 2.05) is 6.26 Å². The lowest BCUT2D eigenvalue weighted by molar-refractivity contribution is -0.118. The maximum Gasteiger partial charge on any atom is 0.230 e. The third kappa shape index (κ3) is 3.91. The van der Waals surface area contributed by atoms with Crippen molar-refractivity contribution in [1.82, 2.24) is 10.6 Å². The number of fused-ring (bicyclic) bond motifs is 1. The van der Waals surface area contributed by atoms with Crippen molar-refractivity contribution in [2.45, 2.75) is 19.6 Å². The molecule has 1 aliphatic heterocycles. The third-order valence-corrected chi connectivity index (χ3v) is 3.22. The second-order valence-electron chi connectivity index (χ2n) is 3.92. The molecule has 0 aromatic heterocycles. The Morgan fingerprint density at radius 3 is 2.94 bits per heavy atom. The number of carbonyl (C=O) groups excluding carboxylic acids is 1. The van der Waals surface area contributed by atoms with Gasteiger partial charge in [-0.05, 0) is 22.9 Å². The molecule has 94 valence electrons. The first-order valence-corrected chi connectivity index (χ1v) is 6.76. The Bertz CT molecular complexity index is 398. The molecule has 1 aliphatic rings. The number of benzene rings is 1. The lowest BCUT2D eigenvalue weighted by Gasteiger charge is -2.06. The molecule has 2 N–H and O–H groups in total. The van der Waals surface area contributed by atoms with Gasteiger partial charge in [-0.1, -0.05) is 18.2 Å². The van der Waals surface area contributed by atoms with Crippen molar-refractivity contribution in [3.63, 3.8) is 0 Å². The van der Waals surface area contributed by atoms with Gasteiger partial charge in [0.25, 0.3) is 0 Å². The summed E-state index contributed by atoms with van der Waals surface area (Å²) in [4.78, 5) is 11.3. The van der Waals surface area contributed by atoms with E-state index in [4.69, 9.17) is 0 Å². The van der Waals surface area contributed by atoms with Gasteiger partial charge < -0.3 is 10.6 Å². The van der Waals surface area contributed by atoms with Gasteiger partial charge in [0, 0.05) is 19.6 Å². The SMILES string of the molecule is CSCC(=O)NCc1ccc2c(c1)CNC2.Cl. The number of amides is 1. The summed E-state index contributed by atoms with van der Waals surface area (Å²) >= 11 is 1.54. The molecule has 0 spiro atoms. The Labute approximate surface area is 112 Å². The van der Waals surface area contributed by atoms with Crippen molar-refractivity contribution in [1.29, 1.82) is 0 Å². The molecule has 17 heavy (non-hydrogen) atoms. The molecule has 2 rings (SSSR count). The van der Waals surface area contributed by atoms with E-state index < -0.39 is 0 Å². The van der Waals surface area contributed by atoms with Crippen molar-refractivity contribution in [2.24, 2.45) is 0 Å². The molecule has 0 fully saturated rings. The minimum atomic E-state index is 0. The first-order chi connectivity index (χ1) is 7.79. The Morgan fingerprint density at radius 1 is 1.41 bits per heavy atom. The highest BCUT2D eigenvalue weighted by Gasteiger charge is 2.10. The fourth-order valence-electron chi connectivity index (χ4n) is 1.84. The van der Waals surface area contributed by atoms with E-state index in [0.29, 0.717) is 12.3 Å². The molecule has 0 aliphatic carbocycles. The number of halogens is 1. The van der Waals surface area contributed by atoms with Crippen LogP contribution < -0.4 is 10.6 Å². The molecule has 1 aromatic carbocycles. The highest BCUT2D eigenvalue weighted by atomic mass is 35.5. The number of hydrogen-bond donors (Lipinski definition) is 2. The Hall–Kier alpha value is -0.710. The molecular formula is C12H17ClN2OS. The maximum absolute atomic E-state index is 11.3. The van der Waals surface area contributed by atoms with Gasteiger partial charge in [-0.3, -0.25) is 4.79 Å². The first-order valence-electron chi connectivity index (χ1n) is 5.36. The van der Waals surface area contributed by atoms with Gasteiger partial charge in [-0.25, -0.2) is 0 Å². The number of hydrogen-bond acceptors (Lipinski definition) is 3. The van der Waals surface area contributed by atoms with Crippen LogP contribution in [0, 0.1) is 0 Å². The molecule has 0 radical (unpaired) electrons. The molecule has 5 heteroatoms. The minimum Gasteiger partial charge on any atom is -0.351 e. The molecule has 0 atom stereocenters. The van der Waals surface area contributed by atoms with E-state index in [1.54, 1.807) is 11.8 Å². The second kappa shape index (κ2) is 6.89. The number of carbonyl (C=O) groups is 1. The Balaban J connectivity index is 0.00000144. The van der Waals surface area contributed by atoms with Crippen LogP contribution in [0.25, 0.3) is 0 Å². The third-order valence-electron chi connectivity index (χ3n) is 2.67. The van der Waals surface area contributed by atoms with Crippen LogP contribution in [-0.2, 0) is 24.4 Å². The molecule has 3 nitrogen and oxygen atoms in total. The van der Waals surface area contributed by atoms with Gasteiger partial charge in [0.2, 0.25) is 5.91 Å². The number of nitrogens with one attached hydrogen (secondary N) is 2. The first kappa shape index (κ1) is 14.4. The summed E-state index contributed by atoms with van der Waals surface area (Å²) in [5, 5.41) is 6.22. The predicted molar refractivity (Wildman–Crippen MR) is 74.5 cm³/mol. The summed E-state index contributed by atoms with van der Waals surface area (Å²) in [5.41, 5.74) is 3.91. The average Bonchev–Trinajstić information content (AvgIpc) is 2.74. The van der Waals surface area contributed by atoms with Crippen LogP contribution in [0.15, 0.2) is 18.2 Å². The zero-order valence-corrected chi connectivity index (χ0v) is 11.4. The number of rotatable bonds is 4. The van der Waals surface area contributed by atoms with E-state index >= 15 is 0 Å². The summed E-state index contributed by atoms with van der Waals surface area (Å²) in [6.07, 6.45) is 1.93. The minimum absolute atomic E-state index is 0. The fourth-order valence-corrected chi connectivity index (χ4v) is 2.21. The summed E-state index contributed by atoms with van der Waals surface area (Å²) in [7, 11) is 0. The van der Waals surface area contributed by atoms with Gasteiger partial charge in [0.05, 0.1) is 5.75 Å². The summed E-state index contributed by atoms with van der Waals surface area (Å²) in [6, 6.07) is 6.41. The highest BCUT2D eigenvalue weighted by molar-refractivity contribution is 7.99. The van der Waals surface area contributed by atoms with Crippen LogP contribution in [0.4, 0.5) is 0 Å². The molecule has 0 saturated heterocycles. The molecule has 1 amide bonds. The molecule has 0 unspecified atom stereocenters. The van der Waals surface area contributed by atoms with Crippen molar-refractivity contribution < 1.29 is 4.79 Å². The standard InChI is InChI=1S/C12H16N2OS.ClH/c1-16-8-12(15)14-5-9-2-3-10-6-13-7-11(10)4-9;/h2-4,13H,5-8H2,1H3,(H,14,15);1H. The van der Waals surface area contributed by atoms with Gasteiger partial charge in [-0.15, -0.1) is 12.4 Å². The molecule has 0 saturated carbocycles. The normalized spacial score (nSPS) is 12.8. The molecule has 0 bridgehead atoms. The predicted octanol–water partition coefficient (Wildman–Crippen LogP) is 1.69. The average molecular weight is 273 g/mol. The quantitative estimate of drug-likeness (QED) is 0.877. The van der Waals surface area contributed by atoms with E-state index in [-0.39, 0.29) is 18.3 Å². The smallest absolute Gasteiger partial charge is 0.230 e. The summed E-state index contributed by atoms with van der Waals surface area (Å²) in [6.45, 7) is 2.54. The Kier molecular flexibility index (Phi) is 5.82. The van der Waals surface area contributed by atoms with Gasteiger partial charge in [-0.2, -0.15) is 11.8 Å². The lowest BCUT2D eigenvalue weighted by Crippen LogP contribution is -2.24. The van der Waals surface area contributed by atoms with E-state index in [1.165, 1.54) is 16.7 Å². The molecule has 1 heterocycles. The van der Waals surface area contributed by atoms with Crippen molar-refractivity contribution in [3.05, 3.63) is 34.9 Å². The van der Waals surface area contributed by atoms with Crippen molar-refractivity contribution >= 4 is 30.1 Å². The highest BCUT2D eigenvalue weighted by Crippen LogP contribution is 2.16. The van der Waals surface area contributed by atoms with Crippen LogP contribution in [0.5, 0.6) is 0 Å². The lowest BCUT2D eigenvalue weighted by atomic mass is 10.1. The van der Waals surface area contributed by atoms with Crippen molar-refractivity contribution in [3.8, 4) is 0 Å². The van der Waals surface area contributed by atoms with Crippen LogP contribution in [0.1, 0.15) is 16.7 Å². The van der Waals surface area contributed by atoms with E-state index in [9.17, 15) is 4.79 Å². The van der Waals surface area contributed by atoms with E-state index in [2.05, 4.69) is 28.8 Å². The molecule has 1 aromatic rings. The number of thioether (sulfide) groups is 1. The van der Waals surface area contributed by atoms with Crippen LogP contribution in [0.3, 0.4) is 0 Å². The van der Waals surface area contributed by atoms with Gasteiger partial charge in [0.1, 0.15) is 0 Å². The van der Waals surface area contributed by atoms with Gasteiger partial charge in [0.15, 0.2) is 0 Å². The zero-order chi connectivity index (χ0) is 11.4. The monoisotopic (exact) mass is 272 g/mol. The van der Waals surface area contributed by atoms with Crippen LogP contribution in [-0.4, -0.2) is 17.9 Å². The fraction of sp³-hybridized carbons (Fsp3) is 0.417. The maximum atomic E-state index is 11.3. The zero-order valence-electron chi connectivity index (χ0n) is 9.79. The largest absolute Gasteiger partial charge is 0.351 e. The Morgan fingerprint density at radius 2 is 2.18 bits per heavy atom. The molecular weight excluding hydrogens is 256 g/mol.